The van der Waals surface area contributed by atoms with Crippen LogP contribution in [0, 0.1) is 0 Å². The molecule has 0 N–H and O–H groups in total. The van der Waals surface area contributed by atoms with E-state index in [1.54, 1.807) is 10.8 Å². The normalized spacial score (nSPS) is 12.3. The average Bonchev–Trinajstić information content (AvgIpc) is 3.24. The molecule has 3 heterocycles. The lowest BCUT2D eigenvalue weighted by Crippen LogP contribution is -2.25. The highest BCUT2D eigenvalue weighted by Crippen LogP contribution is 2.31. The van der Waals surface area contributed by atoms with Gasteiger partial charge in [-0.25, -0.2) is 9.97 Å². The van der Waals surface area contributed by atoms with Crippen LogP contribution < -0.4 is 5.56 Å². The highest BCUT2D eigenvalue weighted by molar-refractivity contribution is 7.99. The molecule has 33 heavy (non-hydrogen) atoms. The summed E-state index contributed by atoms with van der Waals surface area (Å²) in [4.78, 5) is 36.4. The molecule has 0 unspecified atom stereocenters. The molecule has 164 valence electrons. The Kier molecular flexibility index (Phi) is 6.07. The molecule has 0 aliphatic carbocycles. The number of carbonyl (C=O) groups is 1. The van der Waals surface area contributed by atoms with Crippen molar-refractivity contribution in [1.29, 1.82) is 0 Å². The van der Waals surface area contributed by atoms with Gasteiger partial charge < -0.3 is 0 Å². The molecule has 0 spiro atoms. The second-order valence-electron chi connectivity index (χ2n) is 7.84. The molecule has 0 saturated heterocycles. The summed E-state index contributed by atoms with van der Waals surface area (Å²) in [6.45, 7) is 2.58. The van der Waals surface area contributed by atoms with Gasteiger partial charge in [0.2, 0.25) is 0 Å². The number of benzene rings is 2. The van der Waals surface area contributed by atoms with Crippen LogP contribution >= 0.6 is 23.1 Å². The van der Waals surface area contributed by atoms with Gasteiger partial charge >= 0.3 is 0 Å². The summed E-state index contributed by atoms with van der Waals surface area (Å²) in [6, 6.07) is 23.1. The summed E-state index contributed by atoms with van der Waals surface area (Å²) >= 11 is 2.69. The molecule has 5 aromatic rings. The van der Waals surface area contributed by atoms with Crippen LogP contribution in [0.15, 0.2) is 88.9 Å². The molecule has 1 atom stereocenters. The number of thiophene rings is 1. The van der Waals surface area contributed by atoms with E-state index in [2.05, 4.69) is 24.0 Å². The molecule has 0 aliphatic rings. The van der Waals surface area contributed by atoms with E-state index in [1.807, 2.05) is 60.7 Å². The van der Waals surface area contributed by atoms with Crippen LogP contribution in [-0.4, -0.2) is 26.1 Å². The molecular weight excluding hydrogens is 450 g/mol. The van der Waals surface area contributed by atoms with Crippen LogP contribution in [0.3, 0.4) is 0 Å². The quantitative estimate of drug-likeness (QED) is 0.171. The van der Waals surface area contributed by atoms with Gasteiger partial charge in [0.25, 0.3) is 5.56 Å². The number of aromatic nitrogens is 3. The highest BCUT2D eigenvalue weighted by Gasteiger charge is 2.20. The molecule has 0 amide bonds. The van der Waals surface area contributed by atoms with Gasteiger partial charge in [-0.2, -0.15) is 0 Å². The number of pyridine rings is 1. The van der Waals surface area contributed by atoms with E-state index in [-0.39, 0.29) is 23.0 Å². The van der Waals surface area contributed by atoms with Crippen LogP contribution in [0.2, 0.25) is 0 Å². The largest absolute Gasteiger partial charge is 0.293 e. The van der Waals surface area contributed by atoms with E-state index >= 15 is 0 Å². The molecule has 0 saturated carbocycles. The van der Waals surface area contributed by atoms with Crippen molar-refractivity contribution >= 4 is 49.3 Å². The fraction of sp³-hybridized carbons (Fsp3) is 0.154. The molecule has 0 radical (unpaired) electrons. The summed E-state index contributed by atoms with van der Waals surface area (Å²) in [6.07, 6.45) is 1.72. The monoisotopic (exact) mass is 471 g/mol. The lowest BCUT2D eigenvalue weighted by atomic mass is 10.0. The first-order valence-electron chi connectivity index (χ1n) is 10.7. The van der Waals surface area contributed by atoms with Crippen LogP contribution in [0.1, 0.15) is 28.8 Å². The van der Waals surface area contributed by atoms with E-state index in [0.29, 0.717) is 27.5 Å². The second-order valence-corrected chi connectivity index (χ2v) is 9.78. The van der Waals surface area contributed by atoms with E-state index in [4.69, 9.17) is 4.98 Å². The lowest BCUT2D eigenvalue weighted by molar-refractivity contribution is 0.102. The summed E-state index contributed by atoms with van der Waals surface area (Å²) in [5.74, 6) is 0.330. The van der Waals surface area contributed by atoms with Gasteiger partial charge in [0.15, 0.2) is 10.9 Å². The summed E-state index contributed by atoms with van der Waals surface area (Å²) in [5, 5.41) is 1.43. The highest BCUT2D eigenvalue weighted by atomic mass is 32.2. The molecule has 7 heteroatoms. The Balaban J connectivity index is 1.57. The number of nitrogens with zero attached hydrogens (tertiary/aromatic N) is 3. The number of rotatable bonds is 7. The van der Waals surface area contributed by atoms with Crippen molar-refractivity contribution < 1.29 is 4.79 Å². The van der Waals surface area contributed by atoms with Crippen molar-refractivity contribution in [3.8, 4) is 0 Å². The second kappa shape index (κ2) is 9.29. The zero-order valence-electron chi connectivity index (χ0n) is 18.0. The van der Waals surface area contributed by atoms with Crippen molar-refractivity contribution in [1.82, 2.24) is 14.5 Å². The van der Waals surface area contributed by atoms with Crippen molar-refractivity contribution in [2.75, 3.05) is 5.75 Å². The third-order valence-electron chi connectivity index (χ3n) is 5.57. The summed E-state index contributed by atoms with van der Waals surface area (Å²) in [7, 11) is 0. The van der Waals surface area contributed by atoms with Gasteiger partial charge in [0, 0.05) is 23.7 Å². The average molecular weight is 472 g/mol. The van der Waals surface area contributed by atoms with Gasteiger partial charge in [0.1, 0.15) is 9.53 Å². The maximum Gasteiger partial charge on any atom is 0.272 e. The number of fused-ring (bicyclic) bond motifs is 3. The SMILES string of the molecule is C[C@H](Cn1c(SCC(=O)c2ccccc2)nc2c(sc3ncccc32)c1=O)c1ccccc1. The molecular formula is C26H21N3O2S2. The number of thioether (sulfide) groups is 1. The maximum atomic E-state index is 13.6. The third kappa shape index (κ3) is 4.34. The van der Waals surface area contributed by atoms with Gasteiger partial charge in [-0.05, 0) is 23.6 Å². The predicted octanol–water partition coefficient (Wildman–Crippen LogP) is 5.78. The maximum absolute atomic E-state index is 13.6. The zero-order valence-corrected chi connectivity index (χ0v) is 19.6. The first kappa shape index (κ1) is 21.6. The standard InChI is InChI=1S/C26H21N3O2S2/c1-17(18-9-4-2-5-10-18)15-29-25(31)23-22(20-13-8-14-27-24(20)33-23)28-26(29)32-16-21(30)19-11-6-3-7-12-19/h2-14,17H,15-16H2,1H3/t17-/m1/s1. The lowest BCUT2D eigenvalue weighted by Gasteiger charge is -2.17. The van der Waals surface area contributed by atoms with Crippen LogP contribution in [0.4, 0.5) is 0 Å². The zero-order chi connectivity index (χ0) is 22.8. The Morgan fingerprint density at radius 1 is 1.03 bits per heavy atom. The van der Waals surface area contributed by atoms with Gasteiger partial charge in [0.05, 0.1) is 11.3 Å². The number of Topliss-reactive ketones (excluding diaryl/α,β-unsaturated/α-hetero) is 1. The first-order chi connectivity index (χ1) is 16.1. The molecule has 0 fully saturated rings. The van der Waals surface area contributed by atoms with Crippen LogP contribution in [-0.2, 0) is 6.54 Å². The van der Waals surface area contributed by atoms with E-state index in [9.17, 15) is 9.59 Å². The summed E-state index contributed by atoms with van der Waals surface area (Å²) < 4.78 is 2.32. The topological polar surface area (TPSA) is 64.8 Å². The minimum absolute atomic E-state index is 0.00875. The van der Waals surface area contributed by atoms with E-state index < -0.39 is 0 Å². The Morgan fingerprint density at radius 2 is 1.76 bits per heavy atom. The molecule has 0 bridgehead atoms. The molecule has 2 aromatic carbocycles. The minimum atomic E-state index is -0.0829. The van der Waals surface area contributed by atoms with Crippen molar-refractivity contribution in [2.24, 2.45) is 0 Å². The van der Waals surface area contributed by atoms with Crippen molar-refractivity contribution in [3.63, 3.8) is 0 Å². The smallest absolute Gasteiger partial charge is 0.272 e. The van der Waals surface area contributed by atoms with Crippen LogP contribution in [0.5, 0.6) is 0 Å². The van der Waals surface area contributed by atoms with Gasteiger partial charge in [-0.3, -0.25) is 14.2 Å². The Hall–Kier alpha value is -3.29. The third-order valence-corrected chi connectivity index (χ3v) is 7.64. The fourth-order valence-electron chi connectivity index (χ4n) is 3.81. The number of ketones is 1. The Labute approximate surface area is 199 Å². The number of hydrogen-bond donors (Lipinski definition) is 0. The van der Waals surface area contributed by atoms with Crippen molar-refractivity contribution in [2.45, 2.75) is 24.5 Å². The molecule has 5 rings (SSSR count). The van der Waals surface area contributed by atoms with E-state index in [0.717, 1.165) is 15.8 Å². The number of hydrogen-bond acceptors (Lipinski definition) is 6. The Morgan fingerprint density at radius 3 is 2.52 bits per heavy atom. The minimum Gasteiger partial charge on any atom is -0.293 e. The molecule has 3 aromatic heterocycles. The van der Waals surface area contributed by atoms with Gasteiger partial charge in [-0.1, -0.05) is 79.3 Å². The Bertz CT molecular complexity index is 1490. The van der Waals surface area contributed by atoms with E-state index in [1.165, 1.54) is 23.1 Å². The fourth-order valence-corrected chi connectivity index (χ4v) is 5.74. The van der Waals surface area contributed by atoms with Gasteiger partial charge in [-0.15, -0.1) is 11.3 Å². The predicted molar refractivity (Wildman–Crippen MR) is 136 cm³/mol. The van der Waals surface area contributed by atoms with Crippen LogP contribution in [0.25, 0.3) is 20.4 Å². The van der Waals surface area contributed by atoms with Crippen molar-refractivity contribution in [3.05, 3.63) is 100 Å². The molecule has 5 nitrogen and oxygen atoms in total. The number of carbonyl (C=O) groups excluding carboxylic acids is 1. The molecule has 0 aliphatic heterocycles. The summed E-state index contributed by atoms with van der Waals surface area (Å²) in [5.41, 5.74) is 2.38. The first-order valence-corrected chi connectivity index (χ1v) is 12.5.